The molecule has 1 atom stereocenters. The van der Waals surface area contributed by atoms with E-state index in [1.54, 1.807) is 0 Å². The van der Waals surface area contributed by atoms with Gasteiger partial charge in [-0.3, -0.25) is 14.7 Å². The Balaban J connectivity index is 1.68. The fourth-order valence-corrected chi connectivity index (χ4v) is 3.69. The lowest BCUT2D eigenvalue weighted by Gasteiger charge is -2.21. The number of H-pyrrole nitrogens is 1. The highest BCUT2D eigenvalue weighted by Gasteiger charge is 2.22. The Morgan fingerprint density at radius 3 is 2.67 bits per heavy atom. The summed E-state index contributed by atoms with van der Waals surface area (Å²) in [7, 11) is 0. The van der Waals surface area contributed by atoms with Gasteiger partial charge in [-0.05, 0) is 19.3 Å². The van der Waals surface area contributed by atoms with Crippen LogP contribution in [0.25, 0.3) is 11.3 Å². The Morgan fingerprint density at radius 2 is 1.89 bits per heavy atom. The zero-order valence-corrected chi connectivity index (χ0v) is 15.0. The molecule has 4 rings (SSSR count). The van der Waals surface area contributed by atoms with E-state index < -0.39 is 0 Å². The molecule has 6 nitrogen and oxygen atoms in total. The first-order chi connectivity index (χ1) is 13.2. The van der Waals surface area contributed by atoms with Gasteiger partial charge in [0.1, 0.15) is 0 Å². The monoisotopic (exact) mass is 362 g/mol. The number of aryl methyl sites for hydroxylation is 2. The summed E-state index contributed by atoms with van der Waals surface area (Å²) < 4.78 is 3.49. The smallest absolute Gasteiger partial charge is 0.265 e. The molecule has 0 amide bonds. The molecule has 27 heavy (non-hydrogen) atoms. The van der Waals surface area contributed by atoms with Crippen LogP contribution in [0.1, 0.15) is 30.9 Å². The van der Waals surface area contributed by atoms with Crippen molar-refractivity contribution in [1.82, 2.24) is 19.3 Å². The van der Waals surface area contributed by atoms with Gasteiger partial charge in [-0.1, -0.05) is 42.5 Å². The van der Waals surface area contributed by atoms with Crippen LogP contribution >= 0.6 is 0 Å². The third kappa shape index (κ3) is 3.69. The quantitative estimate of drug-likeness (QED) is 0.709. The van der Waals surface area contributed by atoms with Crippen LogP contribution in [0.2, 0.25) is 0 Å². The Bertz CT molecular complexity index is 1060. The third-order valence-corrected chi connectivity index (χ3v) is 5.03. The zero-order valence-electron chi connectivity index (χ0n) is 15.0. The molecule has 0 spiro atoms. The first-order valence-corrected chi connectivity index (χ1v) is 9.28. The van der Waals surface area contributed by atoms with E-state index in [4.69, 9.17) is 4.98 Å². The van der Waals surface area contributed by atoms with E-state index in [9.17, 15) is 9.59 Å². The standard InChI is InChI=1S/C21H22N4O2/c26-18-11-12-19(27)25(23-18)14-13-24-15-22-20(16-7-3-1-4-8-16)21(24)17-9-5-2-6-10-17/h1-5,7-8,11-12,15,17H,6,9-10,13-14H2,(H,23,26)/t17-/m1/s1. The molecule has 1 aliphatic rings. The van der Waals surface area contributed by atoms with Crippen LogP contribution in [0.15, 0.2) is 70.5 Å². The summed E-state index contributed by atoms with van der Waals surface area (Å²) in [6.45, 7) is 0.976. The summed E-state index contributed by atoms with van der Waals surface area (Å²) in [6.07, 6.45) is 9.46. The Hall–Kier alpha value is -3.15. The normalized spacial score (nSPS) is 16.5. The van der Waals surface area contributed by atoms with Crippen molar-refractivity contribution < 1.29 is 0 Å². The average Bonchev–Trinajstić information content (AvgIpc) is 3.14. The summed E-state index contributed by atoms with van der Waals surface area (Å²) in [5.41, 5.74) is 2.83. The minimum atomic E-state index is -0.275. The van der Waals surface area contributed by atoms with Crippen LogP contribution in [0, 0.1) is 0 Å². The number of benzene rings is 1. The van der Waals surface area contributed by atoms with E-state index in [0.29, 0.717) is 19.0 Å². The van der Waals surface area contributed by atoms with Gasteiger partial charge in [0.25, 0.3) is 11.1 Å². The highest BCUT2D eigenvalue weighted by Crippen LogP contribution is 2.35. The van der Waals surface area contributed by atoms with Crippen molar-refractivity contribution >= 4 is 0 Å². The third-order valence-electron chi connectivity index (χ3n) is 5.03. The average molecular weight is 362 g/mol. The lowest BCUT2D eigenvalue weighted by Crippen LogP contribution is -2.29. The molecule has 0 aliphatic heterocycles. The topological polar surface area (TPSA) is 72.7 Å². The molecule has 0 saturated carbocycles. The number of hydrogen-bond donors (Lipinski definition) is 1. The first-order valence-electron chi connectivity index (χ1n) is 9.28. The number of aromatic amines is 1. The van der Waals surface area contributed by atoms with Crippen molar-refractivity contribution in [3.05, 3.63) is 87.3 Å². The predicted molar refractivity (Wildman–Crippen MR) is 105 cm³/mol. The van der Waals surface area contributed by atoms with E-state index in [1.807, 2.05) is 24.5 Å². The lowest BCUT2D eigenvalue weighted by atomic mass is 9.89. The van der Waals surface area contributed by atoms with E-state index in [-0.39, 0.29) is 11.1 Å². The molecule has 1 N–H and O–H groups in total. The number of aromatic nitrogens is 4. The number of imidazole rings is 1. The van der Waals surface area contributed by atoms with Crippen LogP contribution in [0.3, 0.4) is 0 Å². The zero-order chi connectivity index (χ0) is 18.6. The van der Waals surface area contributed by atoms with Crippen molar-refractivity contribution in [2.45, 2.75) is 38.3 Å². The Kier molecular flexibility index (Phi) is 4.87. The fourth-order valence-electron chi connectivity index (χ4n) is 3.69. The second-order valence-electron chi connectivity index (χ2n) is 6.82. The van der Waals surface area contributed by atoms with Gasteiger partial charge in [0.05, 0.1) is 18.6 Å². The molecule has 138 valence electrons. The summed E-state index contributed by atoms with van der Waals surface area (Å²) in [5, 5.41) is 2.59. The Morgan fingerprint density at radius 1 is 1.04 bits per heavy atom. The molecule has 2 aromatic heterocycles. The van der Waals surface area contributed by atoms with Gasteiger partial charge in [0.2, 0.25) is 0 Å². The van der Waals surface area contributed by atoms with Crippen molar-refractivity contribution in [2.24, 2.45) is 0 Å². The molecule has 1 aromatic carbocycles. The van der Waals surface area contributed by atoms with E-state index in [0.717, 1.165) is 30.5 Å². The minimum absolute atomic E-state index is 0.208. The van der Waals surface area contributed by atoms with Crippen molar-refractivity contribution in [1.29, 1.82) is 0 Å². The first kappa shape index (κ1) is 17.3. The molecule has 6 heteroatoms. The molecule has 0 radical (unpaired) electrons. The maximum absolute atomic E-state index is 12.0. The fraction of sp³-hybridized carbons (Fsp3) is 0.286. The molecular formula is C21H22N4O2. The number of allylic oxidation sites excluding steroid dienone is 2. The van der Waals surface area contributed by atoms with Crippen LogP contribution in [0.5, 0.6) is 0 Å². The van der Waals surface area contributed by atoms with Crippen LogP contribution < -0.4 is 11.1 Å². The largest absolute Gasteiger partial charge is 0.332 e. The number of hydrogen-bond acceptors (Lipinski definition) is 3. The highest BCUT2D eigenvalue weighted by atomic mass is 16.1. The van der Waals surface area contributed by atoms with Crippen LogP contribution in [-0.2, 0) is 13.1 Å². The van der Waals surface area contributed by atoms with Gasteiger partial charge in [-0.15, -0.1) is 0 Å². The molecule has 1 aliphatic carbocycles. The van der Waals surface area contributed by atoms with Gasteiger partial charge in [0.15, 0.2) is 0 Å². The number of nitrogens with zero attached hydrogens (tertiary/aromatic N) is 3. The molecule has 0 unspecified atom stereocenters. The van der Waals surface area contributed by atoms with Gasteiger partial charge < -0.3 is 4.57 Å². The highest BCUT2D eigenvalue weighted by molar-refractivity contribution is 5.62. The van der Waals surface area contributed by atoms with E-state index in [2.05, 4.69) is 34.0 Å². The van der Waals surface area contributed by atoms with Gasteiger partial charge in [-0.2, -0.15) is 0 Å². The second kappa shape index (κ2) is 7.61. The predicted octanol–water partition coefficient (Wildman–Crippen LogP) is 2.92. The van der Waals surface area contributed by atoms with Crippen molar-refractivity contribution in [3.8, 4) is 11.3 Å². The number of rotatable bonds is 5. The SMILES string of the molecule is O=c1ccc(=O)n(CCn2cnc(-c3ccccc3)c2[C@@H]2CC=CCC2)[nH]1. The molecule has 0 bridgehead atoms. The van der Waals surface area contributed by atoms with Crippen LogP contribution in [-0.4, -0.2) is 19.3 Å². The van der Waals surface area contributed by atoms with Gasteiger partial charge >= 0.3 is 0 Å². The maximum atomic E-state index is 12.0. The molecular weight excluding hydrogens is 340 g/mol. The minimum Gasteiger partial charge on any atom is -0.332 e. The molecule has 3 aromatic rings. The number of nitrogens with one attached hydrogen (secondary N) is 1. The van der Waals surface area contributed by atoms with Crippen molar-refractivity contribution in [2.75, 3.05) is 0 Å². The maximum Gasteiger partial charge on any atom is 0.265 e. The van der Waals surface area contributed by atoms with Gasteiger partial charge in [0, 0.05) is 35.9 Å². The second-order valence-corrected chi connectivity index (χ2v) is 6.82. The van der Waals surface area contributed by atoms with E-state index >= 15 is 0 Å². The lowest BCUT2D eigenvalue weighted by molar-refractivity contribution is 0.478. The summed E-state index contributed by atoms with van der Waals surface area (Å²) in [5.74, 6) is 0.402. The van der Waals surface area contributed by atoms with Crippen molar-refractivity contribution in [3.63, 3.8) is 0 Å². The summed E-state index contributed by atoms with van der Waals surface area (Å²) in [4.78, 5) is 28.2. The van der Waals surface area contributed by atoms with Crippen LogP contribution in [0.4, 0.5) is 0 Å². The van der Waals surface area contributed by atoms with E-state index in [1.165, 1.54) is 22.5 Å². The van der Waals surface area contributed by atoms with Gasteiger partial charge in [-0.25, -0.2) is 9.67 Å². The molecule has 0 fully saturated rings. The summed E-state index contributed by atoms with van der Waals surface area (Å²) in [6, 6.07) is 12.8. The molecule has 2 heterocycles. The summed E-state index contributed by atoms with van der Waals surface area (Å²) >= 11 is 0. The molecule has 0 saturated heterocycles. The Labute approximate surface area is 156 Å².